The van der Waals surface area contributed by atoms with Crippen LogP contribution < -0.4 is 5.32 Å². The molecule has 13 heavy (non-hydrogen) atoms. The van der Waals surface area contributed by atoms with Crippen LogP contribution in [0.1, 0.15) is 12.2 Å². The van der Waals surface area contributed by atoms with Gasteiger partial charge in [-0.25, -0.2) is 4.98 Å². The zero-order chi connectivity index (χ0) is 9.10. The third-order valence-corrected chi connectivity index (χ3v) is 2.28. The highest BCUT2D eigenvalue weighted by Gasteiger charge is 2.15. The van der Waals surface area contributed by atoms with E-state index < -0.39 is 0 Å². The summed E-state index contributed by atoms with van der Waals surface area (Å²) in [6.07, 6.45) is 2.67. The first-order chi connectivity index (χ1) is 6.36. The predicted octanol–water partition coefficient (Wildman–Crippen LogP) is -0.306. The van der Waals surface area contributed by atoms with E-state index in [2.05, 4.69) is 15.4 Å². The van der Waals surface area contributed by atoms with Gasteiger partial charge < -0.3 is 10.1 Å². The maximum absolute atomic E-state index is 5.25. The SMILES string of the molecule is Cn1ncnc1CNC1CCOC1. The minimum atomic E-state index is 0.483. The molecule has 1 unspecified atom stereocenters. The first-order valence-corrected chi connectivity index (χ1v) is 4.50. The molecular formula is C8H14N4O. The van der Waals surface area contributed by atoms with Crippen LogP contribution in [-0.4, -0.2) is 34.0 Å². The number of hydrogen-bond donors (Lipinski definition) is 1. The monoisotopic (exact) mass is 182 g/mol. The van der Waals surface area contributed by atoms with Gasteiger partial charge in [0.25, 0.3) is 0 Å². The normalized spacial score (nSPS) is 22.4. The Morgan fingerprint density at radius 3 is 3.31 bits per heavy atom. The summed E-state index contributed by atoms with van der Waals surface area (Å²) < 4.78 is 7.03. The minimum Gasteiger partial charge on any atom is -0.380 e. The van der Waals surface area contributed by atoms with E-state index in [1.165, 1.54) is 0 Å². The summed E-state index contributed by atoms with van der Waals surface area (Å²) >= 11 is 0. The zero-order valence-electron chi connectivity index (χ0n) is 7.73. The van der Waals surface area contributed by atoms with E-state index in [0.29, 0.717) is 6.04 Å². The van der Waals surface area contributed by atoms with E-state index in [-0.39, 0.29) is 0 Å². The Bertz CT molecular complexity index is 267. The second kappa shape index (κ2) is 3.85. The van der Waals surface area contributed by atoms with Crippen molar-refractivity contribution in [1.29, 1.82) is 0 Å². The van der Waals surface area contributed by atoms with E-state index in [0.717, 1.165) is 32.0 Å². The van der Waals surface area contributed by atoms with Gasteiger partial charge in [-0.3, -0.25) is 4.68 Å². The van der Waals surface area contributed by atoms with Crippen LogP contribution >= 0.6 is 0 Å². The van der Waals surface area contributed by atoms with Crippen molar-refractivity contribution in [3.05, 3.63) is 12.2 Å². The average Bonchev–Trinajstić information content (AvgIpc) is 2.72. The Kier molecular flexibility index (Phi) is 2.56. The van der Waals surface area contributed by atoms with Crippen LogP contribution in [0.3, 0.4) is 0 Å². The van der Waals surface area contributed by atoms with Gasteiger partial charge in [0.15, 0.2) is 0 Å². The highest BCUT2D eigenvalue weighted by molar-refractivity contribution is 4.84. The topological polar surface area (TPSA) is 52.0 Å². The van der Waals surface area contributed by atoms with Crippen molar-refractivity contribution < 1.29 is 4.74 Å². The molecule has 5 nitrogen and oxygen atoms in total. The zero-order valence-corrected chi connectivity index (χ0v) is 7.73. The maximum Gasteiger partial charge on any atom is 0.140 e. The molecule has 0 aliphatic carbocycles. The van der Waals surface area contributed by atoms with Crippen LogP contribution in [0.5, 0.6) is 0 Å². The molecule has 0 aromatic carbocycles. The number of rotatable bonds is 3. The Labute approximate surface area is 77.1 Å². The molecule has 1 aliphatic rings. The summed E-state index contributed by atoms with van der Waals surface area (Å²) in [5.74, 6) is 0.965. The second-order valence-electron chi connectivity index (χ2n) is 3.24. The van der Waals surface area contributed by atoms with E-state index in [4.69, 9.17) is 4.74 Å². The Balaban J connectivity index is 1.82. The smallest absolute Gasteiger partial charge is 0.140 e. The molecule has 5 heteroatoms. The van der Waals surface area contributed by atoms with E-state index in [9.17, 15) is 0 Å². The lowest BCUT2D eigenvalue weighted by Crippen LogP contribution is -2.29. The van der Waals surface area contributed by atoms with Crippen molar-refractivity contribution >= 4 is 0 Å². The van der Waals surface area contributed by atoms with Crippen LogP contribution in [-0.2, 0) is 18.3 Å². The molecule has 0 spiro atoms. The number of nitrogens with zero attached hydrogens (tertiary/aromatic N) is 3. The van der Waals surface area contributed by atoms with Crippen molar-refractivity contribution in [2.24, 2.45) is 7.05 Å². The number of aryl methyl sites for hydroxylation is 1. The largest absolute Gasteiger partial charge is 0.380 e. The average molecular weight is 182 g/mol. The molecule has 72 valence electrons. The van der Waals surface area contributed by atoms with Crippen LogP contribution in [0.25, 0.3) is 0 Å². The van der Waals surface area contributed by atoms with Gasteiger partial charge in [0.1, 0.15) is 12.2 Å². The van der Waals surface area contributed by atoms with Gasteiger partial charge in [-0.05, 0) is 6.42 Å². The Hall–Kier alpha value is -0.940. The van der Waals surface area contributed by atoms with Gasteiger partial charge in [0, 0.05) is 19.7 Å². The highest BCUT2D eigenvalue weighted by Crippen LogP contribution is 2.03. The molecule has 0 saturated carbocycles. The fourth-order valence-electron chi connectivity index (χ4n) is 1.41. The van der Waals surface area contributed by atoms with Gasteiger partial charge in [0.2, 0.25) is 0 Å². The molecule has 2 heterocycles. The van der Waals surface area contributed by atoms with Crippen LogP contribution in [0, 0.1) is 0 Å². The van der Waals surface area contributed by atoms with Gasteiger partial charge in [0.05, 0.1) is 13.2 Å². The lowest BCUT2D eigenvalue weighted by atomic mass is 10.2. The highest BCUT2D eigenvalue weighted by atomic mass is 16.5. The molecule has 1 fully saturated rings. The fraction of sp³-hybridized carbons (Fsp3) is 0.750. The molecule has 1 aromatic rings. The van der Waals surface area contributed by atoms with E-state index in [1.807, 2.05) is 7.05 Å². The lowest BCUT2D eigenvalue weighted by molar-refractivity contribution is 0.189. The summed E-state index contributed by atoms with van der Waals surface area (Å²) in [4.78, 5) is 4.13. The maximum atomic E-state index is 5.25. The van der Waals surface area contributed by atoms with Crippen molar-refractivity contribution in [2.45, 2.75) is 19.0 Å². The van der Waals surface area contributed by atoms with Gasteiger partial charge >= 0.3 is 0 Å². The molecular weight excluding hydrogens is 168 g/mol. The molecule has 0 bridgehead atoms. The number of aromatic nitrogens is 3. The first-order valence-electron chi connectivity index (χ1n) is 4.50. The number of ether oxygens (including phenoxy) is 1. The predicted molar refractivity (Wildman–Crippen MR) is 47.1 cm³/mol. The quantitative estimate of drug-likeness (QED) is 0.697. The molecule has 1 aromatic heterocycles. The summed E-state index contributed by atoms with van der Waals surface area (Å²) in [5, 5.41) is 7.37. The van der Waals surface area contributed by atoms with Crippen LogP contribution in [0.2, 0.25) is 0 Å². The third kappa shape index (κ3) is 2.05. The fourth-order valence-corrected chi connectivity index (χ4v) is 1.41. The van der Waals surface area contributed by atoms with Gasteiger partial charge in [-0.2, -0.15) is 5.10 Å². The standard InChI is InChI=1S/C8H14N4O/c1-12-8(10-6-11-12)4-9-7-2-3-13-5-7/h6-7,9H,2-5H2,1H3. The first kappa shape index (κ1) is 8.65. The summed E-state index contributed by atoms with van der Waals surface area (Å²) in [6.45, 7) is 2.46. The second-order valence-corrected chi connectivity index (χ2v) is 3.24. The molecule has 1 atom stereocenters. The molecule has 2 rings (SSSR count). The van der Waals surface area contributed by atoms with Crippen molar-refractivity contribution in [3.8, 4) is 0 Å². The molecule has 0 amide bonds. The van der Waals surface area contributed by atoms with E-state index in [1.54, 1.807) is 11.0 Å². The Morgan fingerprint density at radius 1 is 1.77 bits per heavy atom. The van der Waals surface area contributed by atoms with E-state index >= 15 is 0 Å². The van der Waals surface area contributed by atoms with Crippen LogP contribution in [0.15, 0.2) is 6.33 Å². The van der Waals surface area contributed by atoms with Crippen molar-refractivity contribution in [2.75, 3.05) is 13.2 Å². The number of nitrogens with one attached hydrogen (secondary N) is 1. The summed E-state index contributed by atoms with van der Waals surface area (Å²) in [7, 11) is 1.90. The molecule has 0 radical (unpaired) electrons. The molecule has 1 aliphatic heterocycles. The third-order valence-electron chi connectivity index (χ3n) is 2.28. The minimum absolute atomic E-state index is 0.483. The van der Waals surface area contributed by atoms with Crippen molar-refractivity contribution in [3.63, 3.8) is 0 Å². The molecule has 1 saturated heterocycles. The van der Waals surface area contributed by atoms with Crippen molar-refractivity contribution in [1.82, 2.24) is 20.1 Å². The lowest BCUT2D eigenvalue weighted by Gasteiger charge is -2.08. The summed E-state index contributed by atoms with van der Waals surface area (Å²) in [6, 6.07) is 0.483. The van der Waals surface area contributed by atoms with Gasteiger partial charge in [-0.1, -0.05) is 0 Å². The van der Waals surface area contributed by atoms with Crippen LogP contribution in [0.4, 0.5) is 0 Å². The van der Waals surface area contributed by atoms with Gasteiger partial charge in [-0.15, -0.1) is 0 Å². The Morgan fingerprint density at radius 2 is 2.69 bits per heavy atom. The summed E-state index contributed by atoms with van der Waals surface area (Å²) in [5.41, 5.74) is 0. The number of hydrogen-bond acceptors (Lipinski definition) is 4. The molecule has 1 N–H and O–H groups in total.